The monoisotopic (exact) mass is 286 g/mol. The van der Waals surface area contributed by atoms with Gasteiger partial charge in [-0.3, -0.25) is 4.79 Å². The number of aromatic hydroxyl groups is 1. The van der Waals surface area contributed by atoms with Crippen molar-refractivity contribution in [3.05, 3.63) is 34.6 Å². The van der Waals surface area contributed by atoms with Gasteiger partial charge < -0.3 is 14.9 Å². The van der Waals surface area contributed by atoms with Gasteiger partial charge in [0.15, 0.2) is 5.78 Å². The molecule has 0 radical (unpaired) electrons. The van der Waals surface area contributed by atoms with Crippen LogP contribution < -0.4 is 0 Å². The quantitative estimate of drug-likeness (QED) is 0.833. The van der Waals surface area contributed by atoms with Crippen molar-refractivity contribution in [2.24, 2.45) is 11.8 Å². The molecule has 4 nitrogen and oxygen atoms in total. The summed E-state index contributed by atoms with van der Waals surface area (Å²) in [5.41, 5.74) is 2.84. The number of fused-ring (bicyclic) bond motifs is 5. The average molecular weight is 286 g/mol. The molecule has 1 aliphatic carbocycles. The van der Waals surface area contributed by atoms with Gasteiger partial charge in [0.1, 0.15) is 11.5 Å². The normalized spacial score (nSPS) is 33.9. The zero-order chi connectivity index (χ0) is 14.9. The van der Waals surface area contributed by atoms with Gasteiger partial charge in [-0.1, -0.05) is 0 Å². The summed E-state index contributed by atoms with van der Waals surface area (Å²) in [4.78, 5) is 12.8. The van der Waals surface area contributed by atoms with E-state index in [1.807, 2.05) is 13.8 Å². The van der Waals surface area contributed by atoms with Crippen LogP contribution in [0.15, 0.2) is 17.9 Å². The van der Waals surface area contributed by atoms with Crippen molar-refractivity contribution in [2.45, 2.75) is 38.9 Å². The van der Waals surface area contributed by atoms with Crippen molar-refractivity contribution < 1.29 is 19.7 Å². The van der Waals surface area contributed by atoms with Gasteiger partial charge in [0.2, 0.25) is 0 Å². The molecule has 4 rings (SSSR count). The fourth-order valence-electron chi connectivity index (χ4n) is 4.40. The molecule has 0 amide bonds. The van der Waals surface area contributed by atoms with Crippen molar-refractivity contribution in [1.82, 2.24) is 0 Å². The number of carbonyl (C=O) groups is 1. The largest absolute Gasteiger partial charge is 0.511 e. The molecule has 110 valence electrons. The number of Topliss-reactive ketones (excluding diaryl/α,β-unsaturated/α-hetero) is 1. The van der Waals surface area contributed by atoms with Crippen molar-refractivity contribution >= 4 is 11.4 Å². The molecular weight excluding hydrogens is 268 g/mol. The molecule has 0 spiro atoms. The highest BCUT2D eigenvalue weighted by atomic mass is 16.5. The maximum atomic E-state index is 12.8. The number of rotatable bonds is 1. The number of ether oxygens (including phenoxy) is 1. The number of aliphatic hydroxyl groups excluding tert-OH is 1. The van der Waals surface area contributed by atoms with Crippen molar-refractivity contribution in [1.29, 1.82) is 0 Å². The van der Waals surface area contributed by atoms with Crippen LogP contribution >= 0.6 is 0 Å². The Bertz CT molecular complexity index is 665. The van der Waals surface area contributed by atoms with Crippen LogP contribution in [-0.2, 0) is 9.53 Å². The number of carbonyl (C=O) groups excluding carboxylic acids is 1. The van der Waals surface area contributed by atoms with E-state index in [1.165, 1.54) is 0 Å². The lowest BCUT2D eigenvalue weighted by atomic mass is 9.80. The summed E-state index contributed by atoms with van der Waals surface area (Å²) in [6.07, 6.45) is 1.78. The highest BCUT2D eigenvalue weighted by Crippen LogP contribution is 2.54. The van der Waals surface area contributed by atoms with E-state index in [0.717, 1.165) is 29.5 Å². The van der Waals surface area contributed by atoms with Gasteiger partial charge >= 0.3 is 0 Å². The molecule has 2 N–H and O–H groups in total. The fourth-order valence-corrected chi connectivity index (χ4v) is 4.40. The van der Waals surface area contributed by atoms with Crippen molar-refractivity contribution in [2.75, 3.05) is 0 Å². The second kappa shape index (κ2) is 4.10. The van der Waals surface area contributed by atoms with Crippen LogP contribution in [0.4, 0.5) is 0 Å². The van der Waals surface area contributed by atoms with Crippen LogP contribution in [0.3, 0.4) is 0 Å². The zero-order valence-electron chi connectivity index (χ0n) is 12.1. The number of phenolic OH excluding ortho intramolecular Hbond substituents is 1. The molecule has 21 heavy (non-hydrogen) atoms. The summed E-state index contributed by atoms with van der Waals surface area (Å²) >= 11 is 0. The van der Waals surface area contributed by atoms with E-state index in [1.54, 1.807) is 12.1 Å². The maximum absolute atomic E-state index is 12.8. The summed E-state index contributed by atoms with van der Waals surface area (Å²) in [6, 6.07) is 3.27. The summed E-state index contributed by atoms with van der Waals surface area (Å²) in [6.45, 7) is 3.71. The minimum absolute atomic E-state index is 0.00147. The van der Waals surface area contributed by atoms with Crippen LogP contribution in [0, 0.1) is 25.7 Å². The molecular formula is C17H18O4. The van der Waals surface area contributed by atoms with E-state index >= 15 is 0 Å². The molecule has 0 aromatic heterocycles. The number of allylic oxidation sites excluding steroid dienone is 1. The Morgan fingerprint density at radius 1 is 1.05 bits per heavy atom. The zero-order valence-corrected chi connectivity index (χ0v) is 12.1. The highest BCUT2D eigenvalue weighted by molar-refractivity contribution is 6.26. The van der Waals surface area contributed by atoms with Crippen LogP contribution in [0.2, 0.25) is 0 Å². The number of aliphatic hydroxyl groups is 1. The van der Waals surface area contributed by atoms with Gasteiger partial charge in [-0.15, -0.1) is 0 Å². The minimum Gasteiger partial charge on any atom is -0.511 e. The Balaban J connectivity index is 1.88. The first-order valence-corrected chi connectivity index (χ1v) is 7.42. The van der Waals surface area contributed by atoms with Gasteiger partial charge in [0, 0.05) is 0 Å². The van der Waals surface area contributed by atoms with Crippen LogP contribution in [-0.4, -0.2) is 28.2 Å². The van der Waals surface area contributed by atoms with E-state index in [2.05, 4.69) is 0 Å². The number of aryl methyl sites for hydroxylation is 2. The van der Waals surface area contributed by atoms with E-state index < -0.39 is 0 Å². The first kappa shape index (κ1) is 12.9. The van der Waals surface area contributed by atoms with Crippen LogP contribution in [0.1, 0.15) is 29.5 Å². The second-order valence-electron chi connectivity index (χ2n) is 6.42. The Hall–Kier alpha value is -1.81. The molecule has 2 heterocycles. The lowest BCUT2D eigenvalue weighted by molar-refractivity contribution is -0.118. The fraction of sp³-hybridized carbons (Fsp3) is 0.471. The number of benzene rings is 1. The second-order valence-corrected chi connectivity index (χ2v) is 6.42. The van der Waals surface area contributed by atoms with Crippen LogP contribution in [0.5, 0.6) is 5.75 Å². The lowest BCUT2D eigenvalue weighted by Gasteiger charge is -2.19. The van der Waals surface area contributed by atoms with Gasteiger partial charge in [-0.05, 0) is 55.5 Å². The molecule has 4 atom stereocenters. The van der Waals surface area contributed by atoms with Gasteiger partial charge in [0.25, 0.3) is 0 Å². The standard InChI is InChI=1S/C17H18O4/c1-7-5-9(18)6-8(2)12(7)15-16(19)13-10-3-4-11(21-10)14(13)17(15)20/h5-6,10-11,13-14,18-19H,3-4H2,1-2H3. The topological polar surface area (TPSA) is 66.8 Å². The molecule has 1 aromatic rings. The number of ketones is 1. The van der Waals surface area contributed by atoms with Gasteiger partial charge in [0.05, 0.1) is 29.6 Å². The Morgan fingerprint density at radius 2 is 1.62 bits per heavy atom. The third-order valence-corrected chi connectivity index (χ3v) is 5.16. The summed E-state index contributed by atoms with van der Waals surface area (Å²) < 4.78 is 5.79. The smallest absolute Gasteiger partial charge is 0.173 e. The average Bonchev–Trinajstić information content (AvgIpc) is 3.06. The van der Waals surface area contributed by atoms with E-state index in [-0.39, 0.29) is 41.3 Å². The van der Waals surface area contributed by atoms with E-state index in [9.17, 15) is 15.0 Å². The molecule has 1 aromatic carbocycles. The SMILES string of the molecule is Cc1cc(O)cc(C)c1C1=C(O)C2C3CCC(O3)C2C1=O. The highest BCUT2D eigenvalue weighted by Gasteiger charge is 2.59. The molecule has 2 bridgehead atoms. The molecule has 4 unspecified atom stereocenters. The molecule has 2 fully saturated rings. The van der Waals surface area contributed by atoms with Crippen LogP contribution in [0.25, 0.3) is 5.57 Å². The predicted molar refractivity (Wildman–Crippen MR) is 77.0 cm³/mol. The Kier molecular flexibility index (Phi) is 2.52. The maximum Gasteiger partial charge on any atom is 0.173 e. The van der Waals surface area contributed by atoms with Gasteiger partial charge in [-0.2, -0.15) is 0 Å². The third kappa shape index (κ3) is 1.57. The van der Waals surface area contributed by atoms with E-state index in [0.29, 0.717) is 5.57 Å². The molecule has 2 saturated heterocycles. The summed E-state index contributed by atoms with van der Waals surface area (Å²) in [5.74, 6) is -0.0104. The summed E-state index contributed by atoms with van der Waals surface area (Å²) in [5, 5.41) is 20.3. The number of hydrogen-bond donors (Lipinski definition) is 2. The predicted octanol–water partition coefficient (Wildman–Crippen LogP) is 2.65. The van der Waals surface area contributed by atoms with Crippen molar-refractivity contribution in [3.63, 3.8) is 0 Å². The molecule has 0 saturated carbocycles. The Labute approximate surface area is 123 Å². The molecule has 2 aliphatic heterocycles. The molecule has 3 aliphatic rings. The lowest BCUT2D eigenvalue weighted by Crippen LogP contribution is -2.29. The summed E-state index contributed by atoms with van der Waals surface area (Å²) in [7, 11) is 0. The molecule has 4 heteroatoms. The minimum atomic E-state index is -0.216. The first-order chi connectivity index (χ1) is 9.99. The number of hydrogen-bond acceptors (Lipinski definition) is 4. The first-order valence-electron chi connectivity index (χ1n) is 7.42. The van der Waals surface area contributed by atoms with E-state index in [4.69, 9.17) is 4.74 Å². The third-order valence-electron chi connectivity index (χ3n) is 5.16. The Morgan fingerprint density at radius 3 is 2.19 bits per heavy atom. The van der Waals surface area contributed by atoms with Gasteiger partial charge in [-0.25, -0.2) is 0 Å². The number of phenols is 1. The van der Waals surface area contributed by atoms with Crippen molar-refractivity contribution in [3.8, 4) is 5.75 Å².